The Labute approximate surface area is 173 Å². The highest BCUT2D eigenvalue weighted by Crippen LogP contribution is 2.62. The van der Waals surface area contributed by atoms with E-state index in [4.69, 9.17) is 14.2 Å². The van der Waals surface area contributed by atoms with Crippen LogP contribution in [0.3, 0.4) is 0 Å². The largest absolute Gasteiger partial charge is 0.462 e. The normalized spacial score (nSPS) is 44.2. The van der Waals surface area contributed by atoms with Crippen LogP contribution in [0.1, 0.15) is 46.0 Å². The molecule has 0 radical (unpaired) electrons. The number of esters is 1. The molecule has 0 unspecified atom stereocenters. The van der Waals surface area contributed by atoms with E-state index in [-0.39, 0.29) is 35.1 Å². The van der Waals surface area contributed by atoms with Gasteiger partial charge in [0.05, 0.1) is 24.7 Å². The Morgan fingerprint density at radius 3 is 2.69 bits per heavy atom. The summed E-state index contributed by atoms with van der Waals surface area (Å²) in [6, 6.07) is 0. The first-order valence-corrected chi connectivity index (χ1v) is 11.4. The van der Waals surface area contributed by atoms with Crippen LogP contribution in [0.25, 0.3) is 0 Å². The second kappa shape index (κ2) is 7.12. The van der Waals surface area contributed by atoms with Gasteiger partial charge in [-0.25, -0.2) is 4.79 Å². The fraction of sp³-hybridized carbons (Fsp3) is 0.909. The van der Waals surface area contributed by atoms with Gasteiger partial charge in [-0.2, -0.15) is 0 Å². The Balaban J connectivity index is 1.23. The van der Waals surface area contributed by atoms with Crippen LogP contribution in [-0.2, 0) is 19.0 Å². The van der Waals surface area contributed by atoms with Crippen LogP contribution in [-0.4, -0.2) is 79.5 Å². The third-order valence-electron chi connectivity index (χ3n) is 8.43. The lowest BCUT2D eigenvalue weighted by molar-refractivity contribution is -0.147. The molecule has 0 aromatic heterocycles. The number of ether oxygens (including phenoxy) is 3. The van der Waals surface area contributed by atoms with E-state index in [1.807, 2.05) is 6.92 Å². The minimum Gasteiger partial charge on any atom is -0.462 e. The molecule has 0 aromatic rings. The molecule has 3 heterocycles. The molecule has 1 spiro atoms. The summed E-state index contributed by atoms with van der Waals surface area (Å²) < 4.78 is 17.0. The summed E-state index contributed by atoms with van der Waals surface area (Å²) in [7, 11) is 0. The summed E-state index contributed by atoms with van der Waals surface area (Å²) in [6.45, 7) is 9.16. The highest BCUT2D eigenvalue weighted by atomic mass is 16.6. The molecule has 162 valence electrons. The van der Waals surface area contributed by atoms with Gasteiger partial charge in [-0.05, 0) is 50.4 Å². The van der Waals surface area contributed by atoms with Crippen molar-refractivity contribution in [2.24, 2.45) is 23.2 Å². The Bertz CT molecular complexity index is 672. The van der Waals surface area contributed by atoms with Crippen molar-refractivity contribution in [3.63, 3.8) is 0 Å². The van der Waals surface area contributed by atoms with Crippen molar-refractivity contribution in [1.29, 1.82) is 0 Å². The molecular weight excluding hydrogens is 372 g/mol. The lowest BCUT2D eigenvalue weighted by atomic mass is 9.53. The van der Waals surface area contributed by atoms with Gasteiger partial charge in [-0.15, -0.1) is 0 Å². The van der Waals surface area contributed by atoms with Crippen molar-refractivity contribution in [3.8, 4) is 0 Å². The zero-order valence-electron chi connectivity index (χ0n) is 17.7. The molecule has 6 atom stereocenters. The Kier molecular flexibility index (Phi) is 4.81. The van der Waals surface area contributed by atoms with Crippen LogP contribution in [0.4, 0.5) is 4.79 Å². The van der Waals surface area contributed by atoms with Crippen molar-refractivity contribution in [2.45, 2.75) is 57.7 Å². The molecule has 0 N–H and O–H groups in total. The molecule has 2 aliphatic carbocycles. The molecule has 0 aromatic carbocycles. The molecule has 5 fully saturated rings. The first-order valence-electron chi connectivity index (χ1n) is 11.4. The number of hydrogen-bond acceptors (Lipinski definition) is 6. The zero-order chi connectivity index (χ0) is 20.2. The van der Waals surface area contributed by atoms with E-state index in [0.29, 0.717) is 31.5 Å². The van der Waals surface area contributed by atoms with Crippen LogP contribution in [0.15, 0.2) is 0 Å². The zero-order valence-corrected chi connectivity index (χ0v) is 17.7. The van der Waals surface area contributed by atoms with Gasteiger partial charge in [0.25, 0.3) is 0 Å². The topological polar surface area (TPSA) is 71.6 Å². The van der Waals surface area contributed by atoms with E-state index in [2.05, 4.69) is 11.8 Å². The van der Waals surface area contributed by atoms with Gasteiger partial charge < -0.3 is 19.1 Å². The maximum atomic E-state index is 12.8. The van der Waals surface area contributed by atoms with Crippen LogP contribution in [0.5, 0.6) is 0 Å². The lowest BCUT2D eigenvalue weighted by Crippen LogP contribution is -2.53. The lowest BCUT2D eigenvalue weighted by Gasteiger charge is -2.51. The van der Waals surface area contributed by atoms with Crippen molar-refractivity contribution in [1.82, 2.24) is 9.80 Å². The molecule has 1 amide bonds. The average molecular weight is 407 g/mol. The number of amides is 1. The van der Waals surface area contributed by atoms with E-state index in [1.54, 1.807) is 4.90 Å². The molecular formula is C22H34N2O5. The molecule has 2 saturated carbocycles. The van der Waals surface area contributed by atoms with Crippen LogP contribution in [0, 0.1) is 23.2 Å². The highest BCUT2D eigenvalue weighted by Gasteiger charge is 2.65. The molecule has 3 saturated heterocycles. The van der Waals surface area contributed by atoms with E-state index in [0.717, 1.165) is 39.1 Å². The maximum Gasteiger partial charge on any atom is 0.409 e. The summed E-state index contributed by atoms with van der Waals surface area (Å²) in [5.74, 6) is 0.808. The molecule has 5 rings (SSSR count). The molecule has 7 heteroatoms. The Hall–Kier alpha value is -1.34. The van der Waals surface area contributed by atoms with E-state index in [9.17, 15) is 9.59 Å². The van der Waals surface area contributed by atoms with Crippen LogP contribution >= 0.6 is 0 Å². The third kappa shape index (κ3) is 3.34. The summed E-state index contributed by atoms with van der Waals surface area (Å²) in [5, 5.41) is 0. The standard InChI is InChI=1S/C22H34N2O5/c1-3-27-20(26)24-9-7-23(8-10-24)13-16-15-11-18-21(2,12-17(15)29-19(16)25)5-4-6-22(18)14-28-22/h15-18H,3-14H2,1-2H3/t15-,16+,17-,18-,21-,22-/m1/s1. The van der Waals surface area contributed by atoms with Gasteiger partial charge in [0.15, 0.2) is 0 Å². The van der Waals surface area contributed by atoms with Gasteiger partial charge in [-0.3, -0.25) is 9.69 Å². The number of hydrogen-bond donors (Lipinski definition) is 0. The first-order chi connectivity index (χ1) is 13.9. The van der Waals surface area contributed by atoms with Crippen molar-refractivity contribution < 1.29 is 23.8 Å². The smallest absolute Gasteiger partial charge is 0.409 e. The predicted molar refractivity (Wildman–Crippen MR) is 105 cm³/mol. The molecule has 0 bridgehead atoms. The summed E-state index contributed by atoms with van der Waals surface area (Å²) >= 11 is 0. The molecule has 5 aliphatic rings. The van der Waals surface area contributed by atoms with E-state index < -0.39 is 0 Å². The third-order valence-corrected chi connectivity index (χ3v) is 8.43. The number of fused-ring (bicyclic) bond motifs is 3. The number of carbonyl (C=O) groups excluding carboxylic acids is 2. The molecule has 29 heavy (non-hydrogen) atoms. The molecule has 7 nitrogen and oxygen atoms in total. The van der Waals surface area contributed by atoms with E-state index in [1.165, 1.54) is 19.3 Å². The van der Waals surface area contributed by atoms with Crippen LogP contribution < -0.4 is 0 Å². The molecule has 3 aliphatic heterocycles. The minimum absolute atomic E-state index is 0.0131. The number of rotatable bonds is 3. The Morgan fingerprint density at radius 1 is 1.24 bits per heavy atom. The number of nitrogens with zero attached hydrogens (tertiary/aromatic N) is 2. The maximum absolute atomic E-state index is 12.8. The summed E-state index contributed by atoms with van der Waals surface area (Å²) in [6.07, 6.45) is 5.53. The monoisotopic (exact) mass is 406 g/mol. The number of epoxide rings is 1. The quantitative estimate of drug-likeness (QED) is 0.529. The van der Waals surface area contributed by atoms with Crippen molar-refractivity contribution in [2.75, 3.05) is 45.9 Å². The Morgan fingerprint density at radius 2 is 2.00 bits per heavy atom. The summed E-state index contributed by atoms with van der Waals surface area (Å²) in [4.78, 5) is 28.8. The van der Waals surface area contributed by atoms with Gasteiger partial charge in [0, 0.05) is 38.6 Å². The SMILES string of the molecule is CCOC(=O)N1CCN(C[C@@H]2C(=O)O[C@@H]3C[C@@]4(C)CCC[C@@]5(CO5)[C@@H]4C[C@H]23)CC1. The van der Waals surface area contributed by atoms with Gasteiger partial charge in [0.1, 0.15) is 6.10 Å². The second-order valence-electron chi connectivity index (χ2n) is 10.1. The summed E-state index contributed by atoms with van der Waals surface area (Å²) in [5.41, 5.74) is 0.343. The van der Waals surface area contributed by atoms with Crippen LogP contribution in [0.2, 0.25) is 0 Å². The number of carbonyl (C=O) groups is 2. The fourth-order valence-electron chi connectivity index (χ4n) is 6.77. The highest BCUT2D eigenvalue weighted by molar-refractivity contribution is 5.75. The second-order valence-corrected chi connectivity index (χ2v) is 10.1. The van der Waals surface area contributed by atoms with Gasteiger partial charge in [0.2, 0.25) is 0 Å². The fourth-order valence-corrected chi connectivity index (χ4v) is 6.77. The minimum atomic E-state index is -0.230. The van der Waals surface area contributed by atoms with Crippen molar-refractivity contribution >= 4 is 12.1 Å². The van der Waals surface area contributed by atoms with Gasteiger partial charge in [-0.1, -0.05) is 6.92 Å². The number of piperazine rings is 1. The van der Waals surface area contributed by atoms with Gasteiger partial charge >= 0.3 is 12.1 Å². The average Bonchev–Trinajstić information content (AvgIpc) is 3.40. The predicted octanol–water partition coefficient (Wildman–Crippen LogP) is 2.29. The van der Waals surface area contributed by atoms with E-state index >= 15 is 0 Å². The first kappa shape index (κ1) is 19.6. The van der Waals surface area contributed by atoms with Crippen molar-refractivity contribution in [3.05, 3.63) is 0 Å².